The Bertz CT molecular complexity index is 2380. The van der Waals surface area contributed by atoms with E-state index in [1.165, 1.54) is 44.2 Å². The first kappa shape index (κ1) is 29.0. The van der Waals surface area contributed by atoms with E-state index in [1.807, 2.05) is 12.1 Å². The lowest BCUT2D eigenvalue weighted by atomic mass is 9.79. The molecule has 232 valence electrons. The van der Waals surface area contributed by atoms with Gasteiger partial charge in [-0.3, -0.25) is 0 Å². The summed E-state index contributed by atoms with van der Waals surface area (Å²) >= 11 is 0. The predicted molar refractivity (Wildman–Crippen MR) is 202 cm³/mol. The summed E-state index contributed by atoms with van der Waals surface area (Å²) in [5.41, 5.74) is 12.5. The first-order chi connectivity index (χ1) is 24.0. The van der Waals surface area contributed by atoms with Gasteiger partial charge in [-0.15, -0.1) is 0 Å². The Morgan fingerprint density at radius 2 is 0.837 bits per heavy atom. The molecular weight excluding hydrogens is 595 g/mol. The van der Waals surface area contributed by atoms with Crippen LogP contribution in [0.2, 0.25) is 0 Å². The van der Waals surface area contributed by atoms with Crippen LogP contribution in [0.25, 0.3) is 78.3 Å². The summed E-state index contributed by atoms with van der Waals surface area (Å²) < 4.78 is 0. The lowest BCUT2D eigenvalue weighted by Crippen LogP contribution is -2.15. The predicted octanol–water partition coefficient (Wildman–Crippen LogP) is 11.7. The number of nitrogens with zero attached hydrogens (tertiary/aromatic N) is 3. The van der Waals surface area contributed by atoms with Gasteiger partial charge in [-0.05, 0) is 61.3 Å². The molecule has 0 atom stereocenters. The van der Waals surface area contributed by atoms with E-state index in [4.69, 9.17) is 15.0 Å². The minimum atomic E-state index is -0.180. The van der Waals surface area contributed by atoms with E-state index < -0.39 is 0 Å². The van der Waals surface area contributed by atoms with Crippen molar-refractivity contribution < 1.29 is 0 Å². The molecule has 0 fully saturated rings. The Balaban J connectivity index is 1.26. The average molecular weight is 628 g/mol. The second kappa shape index (κ2) is 11.5. The topological polar surface area (TPSA) is 38.7 Å². The highest BCUT2D eigenvalue weighted by atomic mass is 15.0. The van der Waals surface area contributed by atoms with Gasteiger partial charge in [-0.25, -0.2) is 15.0 Å². The van der Waals surface area contributed by atoms with Crippen molar-refractivity contribution in [1.29, 1.82) is 0 Å². The molecule has 3 nitrogen and oxygen atoms in total. The highest BCUT2D eigenvalue weighted by Crippen LogP contribution is 2.54. The average Bonchev–Trinajstić information content (AvgIpc) is 3.42. The molecular formula is C46H33N3. The number of fused-ring (bicyclic) bond motifs is 5. The molecule has 8 aromatic rings. The molecule has 0 N–H and O–H groups in total. The van der Waals surface area contributed by atoms with Crippen molar-refractivity contribution in [2.24, 2.45) is 0 Å². The Morgan fingerprint density at radius 3 is 1.43 bits per heavy atom. The van der Waals surface area contributed by atoms with Gasteiger partial charge in [0.05, 0.1) is 0 Å². The van der Waals surface area contributed by atoms with Crippen LogP contribution in [0.15, 0.2) is 164 Å². The molecule has 0 amide bonds. The minimum Gasteiger partial charge on any atom is -0.208 e. The number of hydrogen-bond donors (Lipinski definition) is 0. The summed E-state index contributed by atoms with van der Waals surface area (Å²) in [7, 11) is 0. The summed E-state index contributed by atoms with van der Waals surface area (Å²) in [6.45, 7) is 4.67. The fraction of sp³-hybridized carbons (Fsp3) is 0.0652. The number of hydrogen-bond acceptors (Lipinski definition) is 3. The van der Waals surface area contributed by atoms with Gasteiger partial charge < -0.3 is 0 Å². The third kappa shape index (κ3) is 4.94. The maximum atomic E-state index is 5.25. The van der Waals surface area contributed by atoms with E-state index in [2.05, 4.69) is 166 Å². The SMILES string of the molecule is CC1(C)c2ccccc2-c2c(-c3nc(-c4ccc(-c5ccccc5)cc4)nc(-c4ccc(-c5ccccc5)cc4)n3)cc3ccccc3c21. The van der Waals surface area contributed by atoms with Crippen LogP contribution >= 0.6 is 0 Å². The maximum Gasteiger partial charge on any atom is 0.164 e. The van der Waals surface area contributed by atoms with Gasteiger partial charge in [-0.2, -0.15) is 0 Å². The molecule has 9 rings (SSSR count). The molecule has 1 heterocycles. The van der Waals surface area contributed by atoms with Crippen molar-refractivity contribution in [2.75, 3.05) is 0 Å². The van der Waals surface area contributed by atoms with Gasteiger partial charge in [0, 0.05) is 22.1 Å². The lowest BCUT2D eigenvalue weighted by molar-refractivity contribution is 0.666. The molecule has 1 aliphatic carbocycles. The van der Waals surface area contributed by atoms with E-state index in [0.717, 1.165) is 27.8 Å². The maximum absolute atomic E-state index is 5.25. The van der Waals surface area contributed by atoms with Crippen LogP contribution in [-0.2, 0) is 5.41 Å². The fourth-order valence-corrected chi connectivity index (χ4v) is 7.47. The zero-order valence-electron chi connectivity index (χ0n) is 27.4. The molecule has 0 aliphatic heterocycles. The van der Waals surface area contributed by atoms with E-state index in [9.17, 15) is 0 Å². The normalized spacial score (nSPS) is 12.9. The summed E-state index contributed by atoms with van der Waals surface area (Å²) in [6.07, 6.45) is 0. The van der Waals surface area contributed by atoms with Crippen LogP contribution in [-0.4, -0.2) is 15.0 Å². The molecule has 0 spiro atoms. The van der Waals surface area contributed by atoms with Crippen LogP contribution in [0, 0.1) is 0 Å². The van der Waals surface area contributed by atoms with Crippen LogP contribution in [0.3, 0.4) is 0 Å². The molecule has 49 heavy (non-hydrogen) atoms. The highest BCUT2D eigenvalue weighted by molar-refractivity contribution is 6.04. The molecule has 7 aromatic carbocycles. The summed E-state index contributed by atoms with van der Waals surface area (Å²) in [6, 6.07) is 57.7. The van der Waals surface area contributed by atoms with Gasteiger partial charge >= 0.3 is 0 Å². The van der Waals surface area contributed by atoms with E-state index in [1.54, 1.807) is 0 Å². The van der Waals surface area contributed by atoms with E-state index in [0.29, 0.717) is 17.5 Å². The van der Waals surface area contributed by atoms with Crippen molar-refractivity contribution in [2.45, 2.75) is 19.3 Å². The van der Waals surface area contributed by atoms with Crippen LogP contribution in [0.5, 0.6) is 0 Å². The van der Waals surface area contributed by atoms with Gasteiger partial charge in [-0.1, -0.05) is 172 Å². The van der Waals surface area contributed by atoms with Crippen LogP contribution in [0.4, 0.5) is 0 Å². The Morgan fingerprint density at radius 1 is 0.388 bits per heavy atom. The number of aromatic nitrogens is 3. The van der Waals surface area contributed by atoms with Gasteiger partial charge in [0.15, 0.2) is 17.5 Å². The Kier molecular flexibility index (Phi) is 6.80. The summed E-state index contributed by atoms with van der Waals surface area (Å²) in [5, 5.41) is 2.45. The standard InChI is InChI=1S/C46H33N3/c1-46(2)40-20-12-11-19-38(40)41-39(29-36-17-9-10-18-37(36)42(41)46)45-48-43(34-25-21-32(22-26-34)30-13-5-3-6-14-30)47-44(49-45)35-27-23-33(24-28-35)31-15-7-4-8-16-31/h3-29H,1-2H3. The van der Waals surface area contributed by atoms with E-state index in [-0.39, 0.29) is 5.41 Å². The van der Waals surface area contributed by atoms with Gasteiger partial charge in [0.2, 0.25) is 0 Å². The lowest BCUT2D eigenvalue weighted by Gasteiger charge is -2.23. The van der Waals surface area contributed by atoms with Gasteiger partial charge in [0.25, 0.3) is 0 Å². The second-order valence-corrected chi connectivity index (χ2v) is 13.3. The Hall–Kier alpha value is -6.19. The Labute approximate surface area is 286 Å². The molecule has 0 radical (unpaired) electrons. The van der Waals surface area contributed by atoms with Crippen molar-refractivity contribution >= 4 is 10.8 Å². The molecule has 0 bridgehead atoms. The quantitative estimate of drug-likeness (QED) is 0.191. The summed E-state index contributed by atoms with van der Waals surface area (Å²) in [4.78, 5) is 15.6. The van der Waals surface area contributed by atoms with E-state index >= 15 is 0 Å². The minimum absolute atomic E-state index is 0.180. The van der Waals surface area contributed by atoms with Crippen molar-refractivity contribution in [1.82, 2.24) is 15.0 Å². The van der Waals surface area contributed by atoms with Crippen molar-refractivity contribution in [3.05, 3.63) is 175 Å². The first-order valence-corrected chi connectivity index (χ1v) is 16.8. The molecule has 0 unspecified atom stereocenters. The first-order valence-electron chi connectivity index (χ1n) is 16.8. The number of rotatable bonds is 5. The van der Waals surface area contributed by atoms with Crippen molar-refractivity contribution in [3.63, 3.8) is 0 Å². The smallest absolute Gasteiger partial charge is 0.164 e. The highest BCUT2D eigenvalue weighted by Gasteiger charge is 2.39. The fourth-order valence-electron chi connectivity index (χ4n) is 7.47. The largest absolute Gasteiger partial charge is 0.208 e. The zero-order valence-corrected chi connectivity index (χ0v) is 27.4. The zero-order chi connectivity index (χ0) is 33.0. The molecule has 0 saturated carbocycles. The third-order valence-corrected chi connectivity index (χ3v) is 9.92. The third-order valence-electron chi connectivity index (χ3n) is 9.92. The molecule has 3 heteroatoms. The number of benzene rings is 7. The monoisotopic (exact) mass is 627 g/mol. The van der Waals surface area contributed by atoms with Gasteiger partial charge in [0.1, 0.15) is 0 Å². The second-order valence-electron chi connectivity index (χ2n) is 13.3. The molecule has 1 aromatic heterocycles. The van der Waals surface area contributed by atoms with Crippen LogP contribution in [0.1, 0.15) is 25.0 Å². The summed E-state index contributed by atoms with van der Waals surface area (Å²) in [5.74, 6) is 1.98. The molecule has 1 aliphatic rings. The molecule has 0 saturated heterocycles. The van der Waals surface area contributed by atoms with Crippen LogP contribution < -0.4 is 0 Å². The van der Waals surface area contributed by atoms with Crippen molar-refractivity contribution in [3.8, 4) is 67.5 Å².